The van der Waals surface area contributed by atoms with Crippen molar-refractivity contribution < 1.29 is 9.47 Å². The number of rotatable bonds is 2. The average Bonchev–Trinajstić information content (AvgIpc) is 3.26. The molecule has 0 amide bonds. The minimum Gasteiger partial charge on any atom is -0.367 e. The van der Waals surface area contributed by atoms with Gasteiger partial charge in [0, 0.05) is 23.8 Å². The van der Waals surface area contributed by atoms with Crippen molar-refractivity contribution in [3.8, 4) is 0 Å². The van der Waals surface area contributed by atoms with Gasteiger partial charge < -0.3 is 14.8 Å². The molecule has 122 valence electrons. The Bertz CT molecular complexity index is 729. The first-order valence-corrected chi connectivity index (χ1v) is 9.44. The second-order valence-electron chi connectivity index (χ2n) is 6.79. The number of ether oxygens (including phenoxy) is 2. The van der Waals surface area contributed by atoms with Crippen LogP contribution in [0.2, 0.25) is 0 Å². The average molecular weight is 331 g/mol. The van der Waals surface area contributed by atoms with Crippen LogP contribution >= 0.6 is 11.3 Å². The Morgan fingerprint density at radius 3 is 2.78 bits per heavy atom. The number of nitrogens with zero attached hydrogens (tertiary/aromatic N) is 2. The number of anilines is 1. The van der Waals surface area contributed by atoms with Crippen molar-refractivity contribution in [3.05, 3.63) is 16.8 Å². The van der Waals surface area contributed by atoms with E-state index in [2.05, 4.69) is 15.3 Å². The van der Waals surface area contributed by atoms with Crippen LogP contribution < -0.4 is 5.32 Å². The molecule has 6 heteroatoms. The summed E-state index contributed by atoms with van der Waals surface area (Å²) in [5, 5.41) is 4.97. The van der Waals surface area contributed by atoms with Gasteiger partial charge in [0.1, 0.15) is 17.0 Å². The van der Waals surface area contributed by atoms with Crippen LogP contribution in [-0.4, -0.2) is 35.0 Å². The van der Waals surface area contributed by atoms with Gasteiger partial charge in [0.2, 0.25) is 0 Å². The van der Waals surface area contributed by atoms with Crippen LogP contribution in [0.3, 0.4) is 0 Å². The molecule has 1 saturated carbocycles. The van der Waals surface area contributed by atoms with Crippen molar-refractivity contribution in [2.45, 2.75) is 56.8 Å². The number of hydrogen-bond donors (Lipinski definition) is 1. The minimum atomic E-state index is -0.289. The quantitative estimate of drug-likeness (QED) is 0.915. The topological polar surface area (TPSA) is 56.3 Å². The predicted octanol–water partition coefficient (Wildman–Crippen LogP) is 3.28. The van der Waals surface area contributed by atoms with Gasteiger partial charge in [-0.1, -0.05) is 0 Å². The van der Waals surface area contributed by atoms with E-state index < -0.39 is 0 Å². The summed E-state index contributed by atoms with van der Waals surface area (Å²) in [5.41, 5.74) is 1.49. The molecule has 3 aliphatic rings. The van der Waals surface area contributed by atoms with Gasteiger partial charge in [0.05, 0.1) is 18.6 Å². The first kappa shape index (κ1) is 14.1. The molecule has 0 atom stereocenters. The summed E-state index contributed by atoms with van der Waals surface area (Å²) in [6.45, 7) is 1.48. The van der Waals surface area contributed by atoms with Gasteiger partial charge in [-0.05, 0) is 37.7 Å². The van der Waals surface area contributed by atoms with Crippen LogP contribution in [0.1, 0.15) is 42.5 Å². The van der Waals surface area contributed by atoms with E-state index in [1.807, 2.05) is 11.3 Å². The number of hydrogen-bond acceptors (Lipinski definition) is 6. The summed E-state index contributed by atoms with van der Waals surface area (Å²) < 4.78 is 11.6. The number of fused-ring (bicyclic) bond motifs is 3. The van der Waals surface area contributed by atoms with Crippen LogP contribution in [0.5, 0.6) is 0 Å². The summed E-state index contributed by atoms with van der Waals surface area (Å²) in [4.78, 5) is 11.7. The number of thiophene rings is 1. The minimum absolute atomic E-state index is 0.289. The Labute approximate surface area is 139 Å². The highest BCUT2D eigenvalue weighted by Gasteiger charge is 2.40. The van der Waals surface area contributed by atoms with Crippen LogP contribution in [0.25, 0.3) is 10.2 Å². The molecule has 1 spiro atoms. The molecule has 2 aromatic rings. The van der Waals surface area contributed by atoms with Crippen molar-refractivity contribution >= 4 is 27.4 Å². The Kier molecular flexibility index (Phi) is 3.32. The van der Waals surface area contributed by atoms with Crippen LogP contribution in [0.15, 0.2) is 6.33 Å². The van der Waals surface area contributed by atoms with E-state index in [0.717, 1.165) is 49.5 Å². The maximum Gasteiger partial charge on any atom is 0.168 e. The van der Waals surface area contributed by atoms with Gasteiger partial charge in [0.15, 0.2) is 5.79 Å². The van der Waals surface area contributed by atoms with E-state index >= 15 is 0 Å². The zero-order chi connectivity index (χ0) is 15.3. The first-order chi connectivity index (χ1) is 11.3. The molecule has 0 bridgehead atoms. The lowest BCUT2D eigenvalue weighted by Gasteiger charge is -2.35. The van der Waals surface area contributed by atoms with Gasteiger partial charge in [-0.25, -0.2) is 9.97 Å². The van der Waals surface area contributed by atoms with E-state index in [9.17, 15) is 0 Å². The highest BCUT2D eigenvalue weighted by atomic mass is 32.1. The smallest absolute Gasteiger partial charge is 0.168 e. The van der Waals surface area contributed by atoms with Gasteiger partial charge in [0.25, 0.3) is 0 Å². The molecule has 2 aromatic heterocycles. The summed E-state index contributed by atoms with van der Waals surface area (Å²) in [6.07, 6.45) is 9.43. The summed E-state index contributed by atoms with van der Waals surface area (Å²) in [7, 11) is 0. The highest BCUT2D eigenvalue weighted by Crippen LogP contribution is 2.41. The Hall–Kier alpha value is -1.24. The van der Waals surface area contributed by atoms with E-state index in [0.29, 0.717) is 6.04 Å². The molecular weight excluding hydrogens is 310 g/mol. The lowest BCUT2D eigenvalue weighted by Crippen LogP contribution is -2.39. The molecule has 0 unspecified atom stereocenters. The Balaban J connectivity index is 1.38. The fourth-order valence-corrected chi connectivity index (χ4v) is 5.45. The molecule has 0 radical (unpaired) electrons. The zero-order valence-corrected chi connectivity index (χ0v) is 14.0. The fourth-order valence-electron chi connectivity index (χ4n) is 4.22. The molecule has 2 aliphatic carbocycles. The molecule has 3 heterocycles. The van der Waals surface area contributed by atoms with Crippen molar-refractivity contribution in [1.29, 1.82) is 0 Å². The van der Waals surface area contributed by atoms with Gasteiger partial charge in [-0.3, -0.25) is 0 Å². The molecule has 1 saturated heterocycles. The maximum absolute atomic E-state index is 5.82. The van der Waals surface area contributed by atoms with Crippen molar-refractivity contribution in [2.75, 3.05) is 18.5 Å². The number of nitrogens with one attached hydrogen (secondary N) is 1. The van der Waals surface area contributed by atoms with Crippen molar-refractivity contribution in [1.82, 2.24) is 9.97 Å². The third-order valence-corrected chi connectivity index (χ3v) is 6.60. The largest absolute Gasteiger partial charge is 0.367 e. The van der Waals surface area contributed by atoms with E-state index in [1.54, 1.807) is 6.33 Å². The highest BCUT2D eigenvalue weighted by molar-refractivity contribution is 7.19. The molecule has 1 N–H and O–H groups in total. The third-order valence-electron chi connectivity index (χ3n) is 5.40. The van der Waals surface area contributed by atoms with Crippen LogP contribution in [0, 0.1) is 0 Å². The molecule has 5 nitrogen and oxygen atoms in total. The summed E-state index contributed by atoms with van der Waals surface area (Å²) in [6, 6.07) is 0.448. The first-order valence-electron chi connectivity index (χ1n) is 8.63. The van der Waals surface area contributed by atoms with E-state index in [1.165, 1.54) is 35.1 Å². The van der Waals surface area contributed by atoms with Crippen LogP contribution in [-0.2, 0) is 22.3 Å². The van der Waals surface area contributed by atoms with Gasteiger partial charge in [-0.15, -0.1) is 11.3 Å². The Morgan fingerprint density at radius 2 is 1.96 bits per heavy atom. The molecule has 23 heavy (non-hydrogen) atoms. The Morgan fingerprint density at radius 1 is 1.13 bits per heavy atom. The monoisotopic (exact) mass is 331 g/mol. The molecular formula is C17H21N3O2S. The van der Waals surface area contributed by atoms with Crippen molar-refractivity contribution in [3.63, 3.8) is 0 Å². The second kappa shape index (κ2) is 5.40. The SMILES string of the molecule is c1nc(NC2CCC3(CC2)OCCO3)c2c3c(sc2n1)CCC3. The maximum atomic E-state index is 5.82. The molecule has 1 aliphatic heterocycles. The second-order valence-corrected chi connectivity index (χ2v) is 7.87. The lowest BCUT2D eigenvalue weighted by molar-refractivity contribution is -0.177. The van der Waals surface area contributed by atoms with E-state index in [-0.39, 0.29) is 5.79 Å². The van der Waals surface area contributed by atoms with Crippen molar-refractivity contribution in [2.24, 2.45) is 0 Å². The zero-order valence-electron chi connectivity index (χ0n) is 13.1. The number of aryl methyl sites for hydroxylation is 2. The van der Waals surface area contributed by atoms with Crippen LogP contribution in [0.4, 0.5) is 5.82 Å². The fraction of sp³-hybridized carbons (Fsp3) is 0.647. The summed E-state index contributed by atoms with van der Waals surface area (Å²) >= 11 is 1.85. The molecule has 0 aromatic carbocycles. The molecule has 5 rings (SSSR count). The molecule has 2 fully saturated rings. The van der Waals surface area contributed by atoms with E-state index in [4.69, 9.17) is 9.47 Å². The van der Waals surface area contributed by atoms with Gasteiger partial charge >= 0.3 is 0 Å². The normalized spacial score (nSPS) is 23.7. The van der Waals surface area contributed by atoms with Gasteiger partial charge in [-0.2, -0.15) is 0 Å². The lowest BCUT2D eigenvalue weighted by atomic mass is 9.90. The number of aromatic nitrogens is 2. The summed E-state index contributed by atoms with van der Waals surface area (Å²) in [5.74, 6) is 0.742. The standard InChI is InChI=1S/C17H21N3O2S/c1-2-12-13(3-1)23-16-14(12)15(18-10-19-16)20-11-4-6-17(7-5-11)21-8-9-22-17/h10-11H,1-9H2,(H,18,19,20). The predicted molar refractivity (Wildman–Crippen MR) is 90.0 cm³/mol. The third kappa shape index (κ3) is 2.35.